The molecule has 1 aliphatic heterocycles. The third-order valence-electron chi connectivity index (χ3n) is 3.71. The van der Waals surface area contributed by atoms with Crippen molar-refractivity contribution in [2.24, 2.45) is 11.7 Å². The molecule has 94 valence electrons. The quantitative estimate of drug-likeness (QED) is 0.897. The van der Waals surface area contributed by atoms with E-state index in [2.05, 4.69) is 30.9 Å². The Hall–Kier alpha value is -0.570. The van der Waals surface area contributed by atoms with Crippen LogP contribution in [-0.2, 0) is 6.54 Å². The van der Waals surface area contributed by atoms with Crippen LogP contribution in [0.3, 0.4) is 0 Å². The second-order valence-electron chi connectivity index (χ2n) is 5.21. The van der Waals surface area contributed by atoms with Crippen molar-refractivity contribution in [3.05, 3.63) is 34.3 Å². The van der Waals surface area contributed by atoms with Gasteiger partial charge in [0.05, 0.1) is 0 Å². The standard InChI is InChI=1S/C14H21ClN2/c1-10-3-4-13(14(15)5-10)9-17-8-12(7-16)6-11(17)2/h3-5,11-12H,6-9,16H2,1-2H3. The van der Waals surface area contributed by atoms with Crippen molar-refractivity contribution >= 4 is 11.6 Å². The summed E-state index contributed by atoms with van der Waals surface area (Å²) in [5, 5.41) is 0.883. The maximum Gasteiger partial charge on any atom is 0.0453 e. The Bertz CT molecular complexity index is 392. The molecule has 0 spiro atoms. The summed E-state index contributed by atoms with van der Waals surface area (Å²) in [6.45, 7) is 7.18. The average molecular weight is 253 g/mol. The maximum atomic E-state index is 6.27. The molecule has 17 heavy (non-hydrogen) atoms. The van der Waals surface area contributed by atoms with Gasteiger partial charge in [-0.1, -0.05) is 23.7 Å². The number of benzene rings is 1. The number of halogens is 1. The first-order chi connectivity index (χ1) is 8.10. The van der Waals surface area contributed by atoms with Crippen LogP contribution in [0.2, 0.25) is 5.02 Å². The van der Waals surface area contributed by atoms with Gasteiger partial charge in [-0.05, 0) is 49.9 Å². The molecule has 1 fully saturated rings. The number of rotatable bonds is 3. The van der Waals surface area contributed by atoms with Crippen LogP contribution in [0.25, 0.3) is 0 Å². The van der Waals surface area contributed by atoms with E-state index in [9.17, 15) is 0 Å². The molecule has 0 amide bonds. The summed E-state index contributed by atoms with van der Waals surface area (Å²) in [5.74, 6) is 0.647. The van der Waals surface area contributed by atoms with Crippen molar-refractivity contribution < 1.29 is 0 Å². The molecule has 0 saturated carbocycles. The molecule has 2 atom stereocenters. The Balaban J connectivity index is 2.06. The molecule has 3 heteroatoms. The van der Waals surface area contributed by atoms with E-state index < -0.39 is 0 Å². The van der Waals surface area contributed by atoms with E-state index in [0.29, 0.717) is 12.0 Å². The molecule has 2 N–H and O–H groups in total. The van der Waals surface area contributed by atoms with E-state index in [4.69, 9.17) is 17.3 Å². The van der Waals surface area contributed by atoms with Crippen LogP contribution >= 0.6 is 11.6 Å². The Morgan fingerprint density at radius 2 is 2.24 bits per heavy atom. The molecule has 0 bridgehead atoms. The number of nitrogens with zero attached hydrogens (tertiary/aromatic N) is 1. The predicted octanol–water partition coefficient (Wildman–Crippen LogP) is 2.82. The largest absolute Gasteiger partial charge is 0.330 e. The molecule has 1 saturated heterocycles. The summed E-state index contributed by atoms with van der Waals surface area (Å²) in [6.07, 6.45) is 1.21. The minimum atomic E-state index is 0.612. The van der Waals surface area contributed by atoms with E-state index in [0.717, 1.165) is 24.7 Å². The van der Waals surface area contributed by atoms with E-state index in [-0.39, 0.29) is 0 Å². The first-order valence-corrected chi connectivity index (χ1v) is 6.67. The zero-order valence-electron chi connectivity index (χ0n) is 10.6. The van der Waals surface area contributed by atoms with Crippen LogP contribution in [0, 0.1) is 12.8 Å². The Morgan fingerprint density at radius 3 is 2.82 bits per heavy atom. The zero-order chi connectivity index (χ0) is 12.4. The lowest BCUT2D eigenvalue weighted by Gasteiger charge is -2.21. The van der Waals surface area contributed by atoms with E-state index in [1.165, 1.54) is 17.5 Å². The van der Waals surface area contributed by atoms with Crippen LogP contribution in [-0.4, -0.2) is 24.0 Å². The minimum absolute atomic E-state index is 0.612. The summed E-state index contributed by atoms with van der Waals surface area (Å²) in [4.78, 5) is 2.48. The van der Waals surface area contributed by atoms with Crippen molar-refractivity contribution in [2.45, 2.75) is 32.9 Å². The van der Waals surface area contributed by atoms with Gasteiger partial charge in [0.15, 0.2) is 0 Å². The van der Waals surface area contributed by atoms with Crippen LogP contribution in [0.15, 0.2) is 18.2 Å². The molecule has 1 heterocycles. The molecule has 0 aromatic heterocycles. The van der Waals surface area contributed by atoms with Gasteiger partial charge in [0.2, 0.25) is 0 Å². The minimum Gasteiger partial charge on any atom is -0.330 e. The summed E-state index contributed by atoms with van der Waals surface area (Å²) in [5.41, 5.74) is 8.19. The molecule has 2 rings (SSSR count). The highest BCUT2D eigenvalue weighted by molar-refractivity contribution is 6.31. The first kappa shape index (κ1) is 12.9. The number of aryl methyl sites for hydroxylation is 1. The van der Waals surface area contributed by atoms with Crippen molar-refractivity contribution in [2.75, 3.05) is 13.1 Å². The lowest BCUT2D eigenvalue weighted by molar-refractivity contribution is 0.256. The summed E-state index contributed by atoms with van der Waals surface area (Å²) >= 11 is 6.27. The van der Waals surface area contributed by atoms with Gasteiger partial charge in [-0.15, -0.1) is 0 Å². The first-order valence-electron chi connectivity index (χ1n) is 6.29. The van der Waals surface area contributed by atoms with E-state index in [1.807, 2.05) is 6.07 Å². The highest BCUT2D eigenvalue weighted by Crippen LogP contribution is 2.26. The highest BCUT2D eigenvalue weighted by atomic mass is 35.5. The monoisotopic (exact) mass is 252 g/mol. The molecule has 1 aromatic carbocycles. The Morgan fingerprint density at radius 1 is 1.47 bits per heavy atom. The fraction of sp³-hybridized carbons (Fsp3) is 0.571. The summed E-state index contributed by atoms with van der Waals surface area (Å²) < 4.78 is 0. The summed E-state index contributed by atoms with van der Waals surface area (Å²) in [6, 6.07) is 6.92. The topological polar surface area (TPSA) is 29.3 Å². The normalized spacial score (nSPS) is 25.4. The van der Waals surface area contributed by atoms with Gasteiger partial charge < -0.3 is 5.73 Å². The zero-order valence-corrected chi connectivity index (χ0v) is 11.4. The molecular weight excluding hydrogens is 232 g/mol. The van der Waals surface area contributed by atoms with Gasteiger partial charge in [-0.2, -0.15) is 0 Å². The molecule has 0 radical (unpaired) electrons. The highest BCUT2D eigenvalue weighted by Gasteiger charge is 2.28. The maximum absolute atomic E-state index is 6.27. The fourth-order valence-corrected chi connectivity index (χ4v) is 2.90. The lowest BCUT2D eigenvalue weighted by Crippen LogP contribution is -2.27. The average Bonchev–Trinajstić information content (AvgIpc) is 2.64. The third kappa shape index (κ3) is 3.01. The van der Waals surface area contributed by atoms with Crippen LogP contribution in [0.5, 0.6) is 0 Å². The van der Waals surface area contributed by atoms with Gasteiger partial charge in [0.25, 0.3) is 0 Å². The van der Waals surface area contributed by atoms with Crippen LogP contribution < -0.4 is 5.73 Å². The van der Waals surface area contributed by atoms with Crippen LogP contribution in [0.4, 0.5) is 0 Å². The Labute approximate surface area is 109 Å². The summed E-state index contributed by atoms with van der Waals surface area (Å²) in [7, 11) is 0. The van der Waals surface area contributed by atoms with Gasteiger partial charge in [0, 0.05) is 24.2 Å². The number of hydrogen-bond acceptors (Lipinski definition) is 2. The smallest absolute Gasteiger partial charge is 0.0453 e. The van der Waals surface area contributed by atoms with Crippen LogP contribution in [0.1, 0.15) is 24.5 Å². The number of likely N-dealkylation sites (tertiary alicyclic amines) is 1. The number of hydrogen-bond donors (Lipinski definition) is 1. The van der Waals surface area contributed by atoms with Crippen molar-refractivity contribution in [3.8, 4) is 0 Å². The van der Waals surface area contributed by atoms with Crippen molar-refractivity contribution in [1.29, 1.82) is 0 Å². The molecule has 2 nitrogen and oxygen atoms in total. The molecule has 0 aliphatic carbocycles. The van der Waals surface area contributed by atoms with Gasteiger partial charge in [0.1, 0.15) is 0 Å². The van der Waals surface area contributed by atoms with Gasteiger partial charge >= 0.3 is 0 Å². The molecular formula is C14H21ClN2. The number of nitrogens with two attached hydrogens (primary N) is 1. The fourth-order valence-electron chi connectivity index (χ4n) is 2.61. The van der Waals surface area contributed by atoms with E-state index in [1.54, 1.807) is 0 Å². The molecule has 1 aliphatic rings. The van der Waals surface area contributed by atoms with Gasteiger partial charge in [-0.3, -0.25) is 4.90 Å². The molecule has 2 unspecified atom stereocenters. The molecule has 1 aromatic rings. The second kappa shape index (κ2) is 5.38. The lowest BCUT2D eigenvalue weighted by atomic mass is 10.1. The van der Waals surface area contributed by atoms with Gasteiger partial charge in [-0.25, -0.2) is 0 Å². The predicted molar refractivity (Wildman–Crippen MR) is 73.2 cm³/mol. The van der Waals surface area contributed by atoms with Crippen molar-refractivity contribution in [3.63, 3.8) is 0 Å². The third-order valence-corrected chi connectivity index (χ3v) is 4.06. The SMILES string of the molecule is Cc1ccc(CN2CC(CN)CC2C)c(Cl)c1. The van der Waals surface area contributed by atoms with E-state index >= 15 is 0 Å². The Kier molecular flexibility index (Phi) is 4.08. The second-order valence-corrected chi connectivity index (χ2v) is 5.62. The van der Waals surface area contributed by atoms with Crippen molar-refractivity contribution in [1.82, 2.24) is 4.90 Å².